The van der Waals surface area contributed by atoms with Gasteiger partial charge in [-0.05, 0) is 31.5 Å². The second-order valence-electron chi connectivity index (χ2n) is 6.06. The fourth-order valence-electron chi connectivity index (χ4n) is 2.51. The molecule has 0 bridgehead atoms. The van der Waals surface area contributed by atoms with E-state index in [4.69, 9.17) is 0 Å². The molecule has 27 heavy (non-hydrogen) atoms. The molecule has 1 atom stereocenters. The van der Waals surface area contributed by atoms with Gasteiger partial charge in [-0.2, -0.15) is 10.2 Å². The van der Waals surface area contributed by atoms with Gasteiger partial charge in [0.25, 0.3) is 0 Å². The van der Waals surface area contributed by atoms with E-state index < -0.39 is 11.0 Å². The van der Waals surface area contributed by atoms with Crippen molar-refractivity contribution in [3.05, 3.63) is 68.7 Å². The molecule has 1 aromatic carbocycles. The number of carbonyl (C=O) groups excluding carboxylic acids is 1. The number of halogens is 1. The third kappa shape index (κ3) is 4.40. The number of benzene rings is 1. The molecule has 0 fully saturated rings. The molecule has 3 rings (SSSR count). The number of aryl methyl sites for hydroxylation is 1. The van der Waals surface area contributed by atoms with Crippen LogP contribution < -0.4 is 5.32 Å². The molecule has 0 radical (unpaired) electrons. The Kier molecular flexibility index (Phi) is 5.36. The van der Waals surface area contributed by atoms with Gasteiger partial charge in [0.15, 0.2) is 0 Å². The molecule has 0 saturated heterocycles. The Balaban J connectivity index is 1.65. The highest BCUT2D eigenvalue weighted by molar-refractivity contribution is 9.10. The van der Waals surface area contributed by atoms with Gasteiger partial charge >= 0.3 is 5.69 Å². The van der Waals surface area contributed by atoms with Gasteiger partial charge in [0.2, 0.25) is 5.91 Å². The zero-order valence-electron chi connectivity index (χ0n) is 14.7. The van der Waals surface area contributed by atoms with Crippen molar-refractivity contribution >= 4 is 33.2 Å². The van der Waals surface area contributed by atoms with Crippen molar-refractivity contribution in [1.82, 2.24) is 19.6 Å². The molecule has 1 amide bonds. The molecular weight excluding hydrogens is 416 g/mol. The first-order chi connectivity index (χ1) is 12.8. The Morgan fingerprint density at radius 3 is 2.67 bits per heavy atom. The molecule has 9 nitrogen and oxygen atoms in total. The molecule has 140 valence electrons. The third-order valence-electron chi connectivity index (χ3n) is 4.02. The molecule has 3 aromatic rings. The summed E-state index contributed by atoms with van der Waals surface area (Å²) in [6.45, 7) is 3.73. The summed E-state index contributed by atoms with van der Waals surface area (Å²) in [6.07, 6.45) is 4.54. The van der Waals surface area contributed by atoms with Gasteiger partial charge in [-0.3, -0.25) is 24.3 Å². The molecule has 0 aliphatic carbocycles. The lowest BCUT2D eigenvalue weighted by atomic mass is 10.2. The van der Waals surface area contributed by atoms with Crippen molar-refractivity contribution in [2.75, 3.05) is 5.32 Å². The van der Waals surface area contributed by atoms with Crippen molar-refractivity contribution in [2.45, 2.75) is 26.4 Å². The van der Waals surface area contributed by atoms with E-state index in [9.17, 15) is 14.9 Å². The minimum atomic E-state index is -0.702. The van der Waals surface area contributed by atoms with Gasteiger partial charge in [0.1, 0.15) is 17.9 Å². The quantitative estimate of drug-likeness (QED) is 0.474. The normalized spacial score (nSPS) is 12.0. The van der Waals surface area contributed by atoms with Gasteiger partial charge in [-0.15, -0.1) is 0 Å². The Labute approximate surface area is 163 Å². The highest BCUT2D eigenvalue weighted by Gasteiger charge is 2.22. The summed E-state index contributed by atoms with van der Waals surface area (Å²) in [5.41, 5.74) is 1.77. The highest BCUT2D eigenvalue weighted by atomic mass is 79.9. The number of nitrogens with zero attached hydrogens (tertiary/aromatic N) is 5. The van der Waals surface area contributed by atoms with Crippen LogP contribution in [0.15, 0.2) is 47.3 Å². The number of nitrogens with one attached hydrogen (secondary N) is 1. The van der Waals surface area contributed by atoms with Crippen molar-refractivity contribution in [2.24, 2.45) is 0 Å². The maximum absolute atomic E-state index is 12.4. The fourth-order valence-corrected chi connectivity index (χ4v) is 2.77. The van der Waals surface area contributed by atoms with Crippen LogP contribution in [0.4, 0.5) is 11.4 Å². The fraction of sp³-hybridized carbons (Fsp3) is 0.235. The molecule has 2 heterocycles. The number of amides is 1. The predicted octanol–water partition coefficient (Wildman–Crippen LogP) is 3.31. The minimum absolute atomic E-state index is 0.114. The van der Waals surface area contributed by atoms with Crippen LogP contribution in [0.5, 0.6) is 0 Å². The average Bonchev–Trinajstić information content (AvgIpc) is 3.22. The van der Waals surface area contributed by atoms with Gasteiger partial charge < -0.3 is 5.32 Å². The van der Waals surface area contributed by atoms with E-state index in [0.29, 0.717) is 12.2 Å². The molecule has 0 aliphatic rings. The monoisotopic (exact) mass is 432 g/mol. The largest absolute Gasteiger partial charge is 0.322 e. The van der Waals surface area contributed by atoms with E-state index in [1.54, 1.807) is 24.0 Å². The van der Waals surface area contributed by atoms with E-state index in [-0.39, 0.29) is 17.3 Å². The van der Waals surface area contributed by atoms with Crippen LogP contribution in [0, 0.1) is 17.0 Å². The number of nitro groups is 1. The number of anilines is 1. The standard InChI is InChI=1S/C17H17BrN6O3/c1-11-16(24(26)27)10-23(21-11)12(2)17(25)20-15-7-19-22(9-15)8-13-3-5-14(18)6-4-13/h3-7,9-10,12H,8H2,1-2H3,(H,20,25). The second-order valence-corrected chi connectivity index (χ2v) is 6.97. The van der Waals surface area contributed by atoms with Crippen LogP contribution in [0.1, 0.15) is 24.2 Å². The number of hydrogen-bond acceptors (Lipinski definition) is 5. The van der Waals surface area contributed by atoms with Crippen LogP contribution in [0.2, 0.25) is 0 Å². The van der Waals surface area contributed by atoms with Crippen LogP contribution in [0.25, 0.3) is 0 Å². The minimum Gasteiger partial charge on any atom is -0.322 e. The van der Waals surface area contributed by atoms with Crippen LogP contribution >= 0.6 is 15.9 Å². The maximum atomic E-state index is 12.4. The second kappa shape index (κ2) is 7.70. The molecule has 2 aromatic heterocycles. The lowest BCUT2D eigenvalue weighted by Crippen LogP contribution is -2.24. The molecule has 0 aliphatic heterocycles. The van der Waals surface area contributed by atoms with Crippen LogP contribution in [-0.4, -0.2) is 30.4 Å². The van der Waals surface area contributed by atoms with Gasteiger partial charge in [0, 0.05) is 10.7 Å². The summed E-state index contributed by atoms with van der Waals surface area (Å²) in [4.78, 5) is 22.8. The zero-order valence-corrected chi connectivity index (χ0v) is 16.3. The van der Waals surface area contributed by atoms with E-state index >= 15 is 0 Å². The van der Waals surface area contributed by atoms with Crippen LogP contribution in [-0.2, 0) is 11.3 Å². The Morgan fingerprint density at radius 1 is 1.33 bits per heavy atom. The SMILES string of the molecule is Cc1nn(C(C)C(=O)Nc2cnn(Cc3ccc(Br)cc3)c2)cc1[N+](=O)[O-]. The molecule has 1 N–H and O–H groups in total. The lowest BCUT2D eigenvalue weighted by molar-refractivity contribution is -0.385. The summed E-state index contributed by atoms with van der Waals surface area (Å²) in [7, 11) is 0. The summed E-state index contributed by atoms with van der Waals surface area (Å²) < 4.78 is 4.00. The summed E-state index contributed by atoms with van der Waals surface area (Å²) in [5, 5.41) is 22.0. The van der Waals surface area contributed by atoms with Crippen molar-refractivity contribution in [3.63, 3.8) is 0 Å². The number of hydrogen-bond donors (Lipinski definition) is 1. The van der Waals surface area contributed by atoms with Gasteiger partial charge in [-0.1, -0.05) is 28.1 Å². The van der Waals surface area contributed by atoms with Crippen molar-refractivity contribution in [3.8, 4) is 0 Å². The summed E-state index contributed by atoms with van der Waals surface area (Å²) in [6, 6.07) is 7.17. The van der Waals surface area contributed by atoms with Crippen molar-refractivity contribution < 1.29 is 9.72 Å². The first-order valence-electron chi connectivity index (χ1n) is 8.11. The molecule has 0 spiro atoms. The van der Waals surface area contributed by atoms with E-state index in [1.807, 2.05) is 24.3 Å². The lowest BCUT2D eigenvalue weighted by Gasteiger charge is -2.11. The summed E-state index contributed by atoms with van der Waals surface area (Å²) >= 11 is 3.39. The first-order valence-corrected chi connectivity index (χ1v) is 8.90. The van der Waals surface area contributed by atoms with Gasteiger partial charge in [-0.25, -0.2) is 0 Å². The first kappa shape index (κ1) is 18.8. The predicted molar refractivity (Wildman–Crippen MR) is 102 cm³/mol. The third-order valence-corrected chi connectivity index (χ3v) is 4.55. The topological polar surface area (TPSA) is 108 Å². The highest BCUT2D eigenvalue weighted by Crippen LogP contribution is 2.19. The molecular formula is C17H17BrN6O3. The van der Waals surface area contributed by atoms with Crippen LogP contribution in [0.3, 0.4) is 0 Å². The average molecular weight is 433 g/mol. The Morgan fingerprint density at radius 2 is 2.04 bits per heavy atom. The summed E-state index contributed by atoms with van der Waals surface area (Å²) in [5.74, 6) is -0.337. The smallest absolute Gasteiger partial charge is 0.309 e. The number of aromatic nitrogens is 4. The molecule has 10 heteroatoms. The van der Waals surface area contributed by atoms with Gasteiger partial charge in [0.05, 0.1) is 23.4 Å². The molecule has 0 saturated carbocycles. The Bertz CT molecular complexity index is 979. The number of rotatable bonds is 6. The number of carbonyl (C=O) groups is 1. The zero-order chi connectivity index (χ0) is 19.6. The van der Waals surface area contributed by atoms with E-state index in [2.05, 4.69) is 31.4 Å². The van der Waals surface area contributed by atoms with E-state index in [0.717, 1.165) is 10.0 Å². The van der Waals surface area contributed by atoms with Crippen molar-refractivity contribution in [1.29, 1.82) is 0 Å². The molecule has 1 unspecified atom stereocenters. The maximum Gasteiger partial charge on any atom is 0.309 e. The Hall–Kier alpha value is -3.01. The van der Waals surface area contributed by atoms with E-state index in [1.165, 1.54) is 17.8 Å².